The van der Waals surface area contributed by atoms with Gasteiger partial charge in [0.1, 0.15) is 0 Å². The molecular weight excluding hydrogens is 336 g/mol. The Morgan fingerprint density at radius 1 is 1.32 bits per heavy atom. The van der Waals surface area contributed by atoms with E-state index in [0.29, 0.717) is 12.8 Å². The van der Waals surface area contributed by atoms with Crippen LogP contribution < -0.4 is 19.7 Å². The minimum Gasteiger partial charge on any atom is -0.454 e. The molecule has 0 aliphatic carbocycles. The summed E-state index contributed by atoms with van der Waals surface area (Å²) in [4.78, 5) is 10.4. The zero-order valence-electron chi connectivity index (χ0n) is 14.7. The molecule has 6 nitrogen and oxygen atoms in total. The van der Waals surface area contributed by atoms with Crippen LogP contribution in [0.5, 0.6) is 11.5 Å². The van der Waals surface area contributed by atoms with Gasteiger partial charge in [-0.1, -0.05) is 0 Å². The Balaban J connectivity index is 1.35. The molecular formula is C18H24N4O2S. The minimum absolute atomic E-state index is 0.319. The number of anilines is 2. The van der Waals surface area contributed by atoms with E-state index in [0.717, 1.165) is 42.0 Å². The fourth-order valence-corrected chi connectivity index (χ4v) is 4.21. The number of benzene rings is 1. The molecule has 25 heavy (non-hydrogen) atoms. The lowest BCUT2D eigenvalue weighted by atomic mass is 10.1. The van der Waals surface area contributed by atoms with Crippen molar-refractivity contribution in [1.82, 2.24) is 9.88 Å². The van der Waals surface area contributed by atoms with Crippen LogP contribution in [-0.4, -0.2) is 49.9 Å². The van der Waals surface area contributed by atoms with Crippen molar-refractivity contribution in [2.45, 2.75) is 25.4 Å². The van der Waals surface area contributed by atoms with Crippen molar-refractivity contribution in [1.29, 1.82) is 0 Å². The van der Waals surface area contributed by atoms with Crippen LogP contribution in [0.15, 0.2) is 24.4 Å². The maximum Gasteiger partial charge on any atom is 0.231 e. The standard InChI is InChI=1S/C18H24N4O2S/c1-21(2)18-19-9-15(25-18)11-22-7-3-4-14(10-22)20-13-5-6-16-17(8-13)24-12-23-16/h5-6,8-9,14,20H,3-4,7,10-12H2,1-2H3. The summed E-state index contributed by atoms with van der Waals surface area (Å²) in [5.41, 5.74) is 1.10. The van der Waals surface area contributed by atoms with Gasteiger partial charge in [0.25, 0.3) is 0 Å². The molecule has 1 fully saturated rings. The zero-order valence-corrected chi connectivity index (χ0v) is 15.5. The number of thiazole rings is 1. The molecule has 4 rings (SSSR count). The van der Waals surface area contributed by atoms with Crippen molar-refractivity contribution in [3.05, 3.63) is 29.3 Å². The van der Waals surface area contributed by atoms with E-state index in [9.17, 15) is 0 Å². The number of hydrogen-bond donors (Lipinski definition) is 1. The van der Waals surface area contributed by atoms with Crippen LogP contribution in [-0.2, 0) is 6.54 Å². The highest BCUT2D eigenvalue weighted by molar-refractivity contribution is 7.15. The number of fused-ring (bicyclic) bond motifs is 1. The summed E-state index contributed by atoms with van der Waals surface area (Å²) < 4.78 is 10.8. The molecule has 1 aromatic carbocycles. The molecule has 1 atom stereocenters. The normalized spacial score (nSPS) is 19.8. The van der Waals surface area contributed by atoms with Gasteiger partial charge in [0.05, 0.1) is 0 Å². The third kappa shape index (κ3) is 3.82. The number of piperidine rings is 1. The van der Waals surface area contributed by atoms with Gasteiger partial charge in [-0.05, 0) is 31.5 Å². The Hall–Kier alpha value is -1.99. The van der Waals surface area contributed by atoms with E-state index in [4.69, 9.17) is 9.47 Å². The Morgan fingerprint density at radius 3 is 3.04 bits per heavy atom. The van der Waals surface area contributed by atoms with E-state index in [2.05, 4.69) is 26.2 Å². The summed E-state index contributed by atoms with van der Waals surface area (Å²) in [5.74, 6) is 1.66. The average molecular weight is 360 g/mol. The summed E-state index contributed by atoms with van der Waals surface area (Å²) in [6.07, 6.45) is 4.41. The van der Waals surface area contributed by atoms with E-state index in [1.165, 1.54) is 17.7 Å². The first-order chi connectivity index (χ1) is 12.2. The highest BCUT2D eigenvalue weighted by atomic mass is 32.1. The second-order valence-electron chi connectivity index (χ2n) is 6.79. The van der Waals surface area contributed by atoms with Crippen LogP contribution in [0.3, 0.4) is 0 Å². The molecule has 0 amide bonds. The highest BCUT2D eigenvalue weighted by Gasteiger charge is 2.21. The molecule has 2 aliphatic rings. The van der Waals surface area contributed by atoms with Crippen LogP contribution in [0, 0.1) is 0 Å². The van der Waals surface area contributed by atoms with Crippen molar-refractivity contribution >= 4 is 22.2 Å². The predicted octanol–water partition coefficient (Wildman–Crippen LogP) is 3.01. The molecule has 0 saturated carbocycles. The SMILES string of the molecule is CN(C)c1ncc(CN2CCCC(Nc3ccc4c(c3)OCO4)C2)s1. The average Bonchev–Trinajstić information content (AvgIpc) is 3.24. The molecule has 134 valence electrons. The molecule has 0 radical (unpaired) electrons. The fourth-order valence-electron chi connectivity index (χ4n) is 3.34. The Labute approximate surface area is 152 Å². The summed E-state index contributed by atoms with van der Waals surface area (Å²) >= 11 is 1.78. The van der Waals surface area contributed by atoms with Crippen molar-refractivity contribution in [3.63, 3.8) is 0 Å². The molecule has 1 unspecified atom stereocenters. The van der Waals surface area contributed by atoms with E-state index in [-0.39, 0.29) is 0 Å². The summed E-state index contributed by atoms with van der Waals surface area (Å²) in [6.45, 7) is 3.49. The van der Waals surface area contributed by atoms with E-state index >= 15 is 0 Å². The van der Waals surface area contributed by atoms with Gasteiger partial charge in [-0.15, -0.1) is 11.3 Å². The van der Waals surface area contributed by atoms with Gasteiger partial charge in [-0.3, -0.25) is 4.90 Å². The first-order valence-corrected chi connectivity index (χ1v) is 9.49. The lowest BCUT2D eigenvalue weighted by Crippen LogP contribution is -2.41. The number of nitrogens with zero attached hydrogens (tertiary/aromatic N) is 3. The number of hydrogen-bond acceptors (Lipinski definition) is 7. The molecule has 0 spiro atoms. The van der Waals surface area contributed by atoms with Gasteiger partial charge in [-0.25, -0.2) is 4.98 Å². The summed E-state index contributed by atoms with van der Waals surface area (Å²) in [6, 6.07) is 6.54. The number of nitrogens with one attached hydrogen (secondary N) is 1. The lowest BCUT2D eigenvalue weighted by Gasteiger charge is -2.33. The number of aromatic nitrogens is 1. The summed E-state index contributed by atoms with van der Waals surface area (Å²) in [5, 5.41) is 4.72. The second kappa shape index (κ2) is 7.09. The van der Waals surface area contributed by atoms with E-state index < -0.39 is 0 Å². The molecule has 3 heterocycles. The molecule has 1 N–H and O–H groups in total. The molecule has 2 aromatic rings. The van der Waals surface area contributed by atoms with Crippen molar-refractivity contribution in [2.24, 2.45) is 0 Å². The third-order valence-corrected chi connectivity index (χ3v) is 5.70. The molecule has 2 aliphatic heterocycles. The van der Waals surface area contributed by atoms with Crippen LogP contribution in [0.25, 0.3) is 0 Å². The molecule has 0 bridgehead atoms. The molecule has 1 saturated heterocycles. The van der Waals surface area contributed by atoms with Gasteiger partial charge in [0.15, 0.2) is 16.6 Å². The highest BCUT2D eigenvalue weighted by Crippen LogP contribution is 2.34. The maximum atomic E-state index is 5.47. The Bertz CT molecular complexity index is 734. The first kappa shape index (κ1) is 16.5. The van der Waals surface area contributed by atoms with Crippen molar-refractivity contribution in [3.8, 4) is 11.5 Å². The van der Waals surface area contributed by atoms with Gasteiger partial charge < -0.3 is 19.7 Å². The van der Waals surface area contributed by atoms with Gasteiger partial charge >= 0.3 is 0 Å². The van der Waals surface area contributed by atoms with E-state index in [1.807, 2.05) is 32.4 Å². The first-order valence-electron chi connectivity index (χ1n) is 8.68. The van der Waals surface area contributed by atoms with Gasteiger partial charge in [0.2, 0.25) is 6.79 Å². The van der Waals surface area contributed by atoms with Gasteiger partial charge in [0, 0.05) is 56.1 Å². The van der Waals surface area contributed by atoms with Gasteiger partial charge in [-0.2, -0.15) is 0 Å². The molecule has 7 heteroatoms. The zero-order chi connectivity index (χ0) is 17.2. The number of ether oxygens (including phenoxy) is 2. The van der Waals surface area contributed by atoms with Crippen LogP contribution in [0.4, 0.5) is 10.8 Å². The lowest BCUT2D eigenvalue weighted by molar-refractivity contribution is 0.174. The minimum atomic E-state index is 0.319. The number of likely N-dealkylation sites (tertiary alicyclic amines) is 1. The fraction of sp³-hybridized carbons (Fsp3) is 0.500. The van der Waals surface area contributed by atoms with Crippen LogP contribution in [0.2, 0.25) is 0 Å². The number of rotatable bonds is 5. The topological polar surface area (TPSA) is 49.9 Å². The van der Waals surface area contributed by atoms with Crippen molar-refractivity contribution < 1.29 is 9.47 Å². The largest absolute Gasteiger partial charge is 0.454 e. The maximum absolute atomic E-state index is 5.47. The smallest absolute Gasteiger partial charge is 0.231 e. The quantitative estimate of drug-likeness (QED) is 0.885. The van der Waals surface area contributed by atoms with Crippen LogP contribution in [0.1, 0.15) is 17.7 Å². The van der Waals surface area contributed by atoms with E-state index in [1.54, 1.807) is 11.3 Å². The Morgan fingerprint density at radius 2 is 2.20 bits per heavy atom. The molecule has 1 aromatic heterocycles. The van der Waals surface area contributed by atoms with Crippen molar-refractivity contribution in [2.75, 3.05) is 44.2 Å². The predicted molar refractivity (Wildman–Crippen MR) is 101 cm³/mol. The Kier molecular flexibility index (Phi) is 4.67. The second-order valence-corrected chi connectivity index (χ2v) is 7.88. The van der Waals surface area contributed by atoms with Crippen LogP contribution >= 0.6 is 11.3 Å². The monoisotopic (exact) mass is 360 g/mol. The third-order valence-electron chi connectivity index (χ3n) is 4.55. The summed E-state index contributed by atoms with van der Waals surface area (Å²) in [7, 11) is 4.07.